The van der Waals surface area contributed by atoms with Crippen LogP contribution in [0.3, 0.4) is 0 Å². The normalized spacial score (nSPS) is 12.0. The lowest BCUT2D eigenvalue weighted by Crippen LogP contribution is -2.37. The molecule has 0 aliphatic rings. The second-order valence-corrected chi connectivity index (χ2v) is 4.20. The first kappa shape index (κ1) is 14.4. The van der Waals surface area contributed by atoms with Crippen molar-refractivity contribution in [3.8, 4) is 5.75 Å². The Balaban J connectivity index is 2.35. The fourth-order valence-electron chi connectivity index (χ4n) is 1.44. The molecule has 2 N–H and O–H groups in total. The third-order valence-electron chi connectivity index (χ3n) is 2.64. The van der Waals surface area contributed by atoms with Gasteiger partial charge < -0.3 is 15.4 Å². The number of benzene rings is 1. The van der Waals surface area contributed by atoms with Gasteiger partial charge in [0, 0.05) is 25.6 Å². The molecular weight excluding hydrogens is 235 g/mol. The van der Waals surface area contributed by atoms with E-state index in [9.17, 15) is 9.18 Å². The van der Waals surface area contributed by atoms with Gasteiger partial charge in [-0.2, -0.15) is 0 Å². The minimum Gasteiger partial charge on any atom is -0.492 e. The van der Waals surface area contributed by atoms with E-state index >= 15 is 0 Å². The van der Waals surface area contributed by atoms with Crippen LogP contribution in [0.2, 0.25) is 0 Å². The van der Waals surface area contributed by atoms with Crippen molar-refractivity contribution in [2.75, 3.05) is 26.7 Å². The molecule has 0 bridgehead atoms. The number of nitrogens with zero attached hydrogens (tertiary/aromatic N) is 1. The predicted molar refractivity (Wildman–Crippen MR) is 67.8 cm³/mol. The molecule has 1 amide bonds. The lowest BCUT2D eigenvalue weighted by Gasteiger charge is -2.20. The fraction of sp³-hybridized carbons (Fsp3) is 0.462. The second-order valence-electron chi connectivity index (χ2n) is 4.20. The van der Waals surface area contributed by atoms with Gasteiger partial charge in [-0.1, -0.05) is 13.0 Å². The number of ether oxygens (including phenoxy) is 1. The van der Waals surface area contributed by atoms with E-state index in [-0.39, 0.29) is 17.6 Å². The third kappa shape index (κ3) is 4.33. The van der Waals surface area contributed by atoms with Gasteiger partial charge in [-0.3, -0.25) is 4.79 Å². The van der Waals surface area contributed by atoms with Gasteiger partial charge in [0.25, 0.3) is 0 Å². The summed E-state index contributed by atoms with van der Waals surface area (Å²) in [5, 5.41) is 0. The first-order chi connectivity index (χ1) is 8.54. The van der Waals surface area contributed by atoms with Crippen LogP contribution in [-0.4, -0.2) is 37.6 Å². The summed E-state index contributed by atoms with van der Waals surface area (Å²) < 4.78 is 18.2. The Morgan fingerprint density at radius 2 is 2.28 bits per heavy atom. The highest BCUT2D eigenvalue weighted by molar-refractivity contribution is 5.78. The minimum absolute atomic E-state index is 0.0136. The van der Waals surface area contributed by atoms with Crippen molar-refractivity contribution in [2.24, 2.45) is 11.7 Å². The van der Waals surface area contributed by atoms with Crippen molar-refractivity contribution in [3.63, 3.8) is 0 Å². The van der Waals surface area contributed by atoms with E-state index in [1.807, 2.05) is 0 Å². The number of carbonyl (C=O) groups excluding carboxylic acids is 1. The molecule has 0 aliphatic carbocycles. The second kappa shape index (κ2) is 6.96. The van der Waals surface area contributed by atoms with Crippen molar-refractivity contribution in [1.82, 2.24) is 4.90 Å². The molecule has 4 nitrogen and oxygen atoms in total. The van der Waals surface area contributed by atoms with Crippen LogP contribution in [0.5, 0.6) is 5.75 Å². The van der Waals surface area contributed by atoms with Crippen LogP contribution in [-0.2, 0) is 4.79 Å². The molecule has 0 aromatic heterocycles. The van der Waals surface area contributed by atoms with Crippen LogP contribution < -0.4 is 10.5 Å². The van der Waals surface area contributed by atoms with Gasteiger partial charge in [-0.05, 0) is 12.1 Å². The predicted octanol–water partition coefficient (Wildman–Crippen LogP) is 1.26. The zero-order valence-corrected chi connectivity index (χ0v) is 10.7. The van der Waals surface area contributed by atoms with Gasteiger partial charge in [0.05, 0.1) is 6.54 Å². The van der Waals surface area contributed by atoms with E-state index in [0.717, 1.165) is 0 Å². The molecule has 1 unspecified atom stereocenters. The minimum atomic E-state index is -0.339. The van der Waals surface area contributed by atoms with Gasteiger partial charge in [0.1, 0.15) is 18.2 Å². The van der Waals surface area contributed by atoms with Gasteiger partial charge in [-0.25, -0.2) is 4.39 Å². The van der Waals surface area contributed by atoms with E-state index in [2.05, 4.69) is 0 Å². The highest BCUT2D eigenvalue weighted by atomic mass is 19.1. The number of rotatable bonds is 6. The Bertz CT molecular complexity index is 398. The summed E-state index contributed by atoms with van der Waals surface area (Å²) >= 11 is 0. The zero-order valence-electron chi connectivity index (χ0n) is 10.7. The zero-order chi connectivity index (χ0) is 13.5. The highest BCUT2D eigenvalue weighted by Crippen LogP contribution is 2.11. The van der Waals surface area contributed by atoms with Crippen molar-refractivity contribution in [1.29, 1.82) is 0 Å². The maximum absolute atomic E-state index is 12.9. The van der Waals surface area contributed by atoms with Crippen molar-refractivity contribution >= 4 is 5.91 Å². The summed E-state index contributed by atoms with van der Waals surface area (Å²) in [7, 11) is 1.70. The number of hydrogen-bond donors (Lipinski definition) is 1. The molecule has 5 heteroatoms. The maximum atomic E-state index is 12.9. The average Bonchev–Trinajstić information content (AvgIpc) is 2.36. The molecule has 1 aromatic carbocycles. The third-order valence-corrected chi connectivity index (χ3v) is 2.64. The molecule has 0 aliphatic heterocycles. The van der Waals surface area contributed by atoms with Crippen LogP contribution in [0.4, 0.5) is 4.39 Å². The van der Waals surface area contributed by atoms with Gasteiger partial charge in [0.2, 0.25) is 5.91 Å². The lowest BCUT2D eigenvalue weighted by atomic mass is 10.1. The Hall–Kier alpha value is -1.62. The number of carbonyl (C=O) groups is 1. The van der Waals surface area contributed by atoms with Crippen LogP contribution in [0.15, 0.2) is 24.3 Å². The average molecular weight is 254 g/mol. The molecule has 18 heavy (non-hydrogen) atoms. The SMILES string of the molecule is CC(CN)C(=O)N(C)CCOc1cccc(F)c1. The Morgan fingerprint density at radius 1 is 1.56 bits per heavy atom. The highest BCUT2D eigenvalue weighted by Gasteiger charge is 2.15. The summed E-state index contributed by atoms with van der Waals surface area (Å²) in [6, 6.07) is 5.92. The molecule has 1 rings (SSSR count). The van der Waals surface area contributed by atoms with E-state index in [4.69, 9.17) is 10.5 Å². The van der Waals surface area contributed by atoms with Crippen molar-refractivity contribution in [2.45, 2.75) is 6.92 Å². The van der Waals surface area contributed by atoms with Crippen LogP contribution in [0.1, 0.15) is 6.92 Å². The number of hydrogen-bond acceptors (Lipinski definition) is 3. The van der Waals surface area contributed by atoms with Crippen LogP contribution >= 0.6 is 0 Å². The molecule has 0 saturated heterocycles. The van der Waals surface area contributed by atoms with Crippen LogP contribution in [0.25, 0.3) is 0 Å². The Kier molecular flexibility index (Phi) is 5.58. The van der Waals surface area contributed by atoms with Gasteiger partial charge in [0.15, 0.2) is 0 Å². The summed E-state index contributed by atoms with van der Waals surface area (Å²) in [6.45, 7) is 2.88. The smallest absolute Gasteiger partial charge is 0.226 e. The molecule has 0 spiro atoms. The Labute approximate surface area is 107 Å². The van der Waals surface area contributed by atoms with Gasteiger partial charge in [-0.15, -0.1) is 0 Å². The topological polar surface area (TPSA) is 55.6 Å². The summed E-state index contributed by atoms with van der Waals surface area (Å²) in [5.74, 6) is -0.0825. The lowest BCUT2D eigenvalue weighted by molar-refractivity contribution is -0.133. The summed E-state index contributed by atoms with van der Waals surface area (Å²) in [6.07, 6.45) is 0. The summed E-state index contributed by atoms with van der Waals surface area (Å²) in [4.78, 5) is 13.3. The van der Waals surface area contributed by atoms with Gasteiger partial charge >= 0.3 is 0 Å². The number of nitrogens with two attached hydrogens (primary N) is 1. The summed E-state index contributed by atoms with van der Waals surface area (Å²) in [5.41, 5.74) is 5.43. The molecule has 0 saturated carbocycles. The molecule has 0 fully saturated rings. The molecular formula is C13H19FN2O2. The van der Waals surface area contributed by atoms with E-state index < -0.39 is 0 Å². The fourth-order valence-corrected chi connectivity index (χ4v) is 1.44. The first-order valence-electron chi connectivity index (χ1n) is 5.88. The quantitative estimate of drug-likeness (QED) is 0.831. The standard InChI is InChI=1S/C13H19FN2O2/c1-10(9-15)13(17)16(2)6-7-18-12-5-3-4-11(14)8-12/h3-5,8,10H,6-7,9,15H2,1-2H3. The number of likely N-dealkylation sites (N-methyl/N-ethyl adjacent to an activating group) is 1. The first-order valence-corrected chi connectivity index (χ1v) is 5.88. The molecule has 1 atom stereocenters. The molecule has 0 radical (unpaired) electrons. The monoisotopic (exact) mass is 254 g/mol. The Morgan fingerprint density at radius 3 is 2.89 bits per heavy atom. The van der Waals surface area contributed by atoms with E-state index in [1.54, 1.807) is 31.0 Å². The van der Waals surface area contributed by atoms with Crippen molar-refractivity contribution < 1.29 is 13.9 Å². The maximum Gasteiger partial charge on any atom is 0.226 e. The molecule has 1 aromatic rings. The largest absolute Gasteiger partial charge is 0.492 e. The molecule has 100 valence electrons. The van der Waals surface area contributed by atoms with E-state index in [1.165, 1.54) is 12.1 Å². The number of halogens is 1. The molecule has 0 heterocycles. The van der Waals surface area contributed by atoms with E-state index in [0.29, 0.717) is 25.4 Å². The number of amides is 1. The van der Waals surface area contributed by atoms with Crippen molar-refractivity contribution in [3.05, 3.63) is 30.1 Å². The van der Waals surface area contributed by atoms with Crippen LogP contribution in [0, 0.1) is 11.7 Å².